The number of hydrogen-bond acceptors (Lipinski definition) is 8. The van der Waals surface area contributed by atoms with Crippen molar-refractivity contribution in [2.45, 2.75) is 57.1 Å². The van der Waals surface area contributed by atoms with Crippen LogP contribution in [0.2, 0.25) is 0 Å². The summed E-state index contributed by atoms with van der Waals surface area (Å²) in [6, 6.07) is 24.8. The quantitative estimate of drug-likeness (QED) is 0.146. The number of aryl methyl sites for hydroxylation is 1. The first-order valence-corrected chi connectivity index (χ1v) is 18.1. The Hall–Kier alpha value is -5.23. The van der Waals surface area contributed by atoms with Crippen LogP contribution in [0.1, 0.15) is 37.0 Å². The summed E-state index contributed by atoms with van der Waals surface area (Å²) in [4.78, 5) is 30.3. The van der Waals surface area contributed by atoms with Crippen LogP contribution in [0, 0.1) is 6.92 Å². The van der Waals surface area contributed by atoms with Gasteiger partial charge in [-0.1, -0.05) is 67.1 Å². The number of amides is 2. The van der Waals surface area contributed by atoms with Crippen molar-refractivity contribution in [1.29, 1.82) is 0 Å². The van der Waals surface area contributed by atoms with Gasteiger partial charge in [0.1, 0.15) is 24.1 Å². The number of carbonyl (C=O) groups excluding carboxylic acids is 2. The zero-order valence-electron chi connectivity index (χ0n) is 30.2. The number of ether oxygens (including phenoxy) is 4. The zero-order chi connectivity index (χ0) is 37.1. The van der Waals surface area contributed by atoms with Gasteiger partial charge in [-0.3, -0.25) is 13.9 Å². The molecule has 0 bridgehead atoms. The molecule has 12 heteroatoms. The van der Waals surface area contributed by atoms with Crippen molar-refractivity contribution < 1.29 is 37.0 Å². The molecule has 0 aliphatic rings. The highest BCUT2D eigenvalue weighted by Gasteiger charge is 2.36. The molecule has 0 aliphatic carbocycles. The standard InChI is InChI=1S/C39H47N3O8S/c1-8-28(3)40-39(44)34(22-29-12-10-9-11-13-29)41(25-30-16-14-27(2)15-17-30)38(43)26-42(33-23-31(47-4)18-20-35(33)48-5)51(45,46)32-19-21-36(49-6)37(24-32)50-7/h9-21,23-24,28,34H,8,22,25-26H2,1-7H3,(H,40,44)/t28-,34+/m0/s1. The van der Waals surface area contributed by atoms with E-state index in [-0.39, 0.29) is 47.0 Å². The Morgan fingerprint density at radius 2 is 1.41 bits per heavy atom. The number of nitrogens with one attached hydrogen (secondary N) is 1. The van der Waals surface area contributed by atoms with Crippen molar-refractivity contribution in [1.82, 2.24) is 10.2 Å². The highest BCUT2D eigenvalue weighted by Crippen LogP contribution is 2.38. The second kappa shape index (κ2) is 17.6. The summed E-state index contributed by atoms with van der Waals surface area (Å²) in [6.45, 7) is 5.20. The highest BCUT2D eigenvalue weighted by atomic mass is 32.2. The van der Waals surface area contributed by atoms with Crippen molar-refractivity contribution >= 4 is 27.5 Å². The van der Waals surface area contributed by atoms with Crippen molar-refractivity contribution in [3.05, 3.63) is 108 Å². The number of benzene rings is 4. The Morgan fingerprint density at radius 1 is 0.765 bits per heavy atom. The predicted molar refractivity (Wildman–Crippen MR) is 197 cm³/mol. The van der Waals surface area contributed by atoms with E-state index in [2.05, 4.69) is 5.32 Å². The van der Waals surface area contributed by atoms with Crippen molar-refractivity contribution in [3.8, 4) is 23.0 Å². The van der Waals surface area contributed by atoms with Crippen LogP contribution in [-0.4, -0.2) is 72.2 Å². The SMILES string of the molecule is CC[C@H](C)NC(=O)[C@@H](Cc1ccccc1)N(Cc1ccc(C)cc1)C(=O)CN(c1cc(OC)ccc1OC)S(=O)(=O)c1ccc(OC)c(OC)c1. The van der Waals surface area contributed by atoms with Crippen molar-refractivity contribution in [2.75, 3.05) is 39.3 Å². The normalized spacial score (nSPS) is 12.3. The number of hydrogen-bond donors (Lipinski definition) is 1. The lowest BCUT2D eigenvalue weighted by atomic mass is 10.0. The lowest BCUT2D eigenvalue weighted by Crippen LogP contribution is -2.54. The van der Waals surface area contributed by atoms with Gasteiger partial charge in [-0.15, -0.1) is 0 Å². The fraction of sp³-hybridized carbons (Fsp3) is 0.333. The Balaban J connectivity index is 1.90. The van der Waals surface area contributed by atoms with Crippen LogP contribution in [0.5, 0.6) is 23.0 Å². The Morgan fingerprint density at radius 3 is 2.02 bits per heavy atom. The summed E-state index contributed by atoms with van der Waals surface area (Å²) in [6.07, 6.45) is 0.883. The van der Waals surface area contributed by atoms with Gasteiger partial charge in [0.2, 0.25) is 11.8 Å². The average Bonchev–Trinajstić information content (AvgIpc) is 3.15. The summed E-state index contributed by atoms with van der Waals surface area (Å²) in [5.74, 6) is 0.100. The maximum Gasteiger partial charge on any atom is 0.265 e. The van der Waals surface area contributed by atoms with Gasteiger partial charge in [-0.05, 0) is 55.7 Å². The summed E-state index contributed by atoms with van der Waals surface area (Å²) < 4.78 is 52.2. The van der Waals surface area contributed by atoms with Crippen LogP contribution in [0.3, 0.4) is 0 Å². The van der Waals surface area contributed by atoms with Crippen LogP contribution >= 0.6 is 0 Å². The lowest BCUT2D eigenvalue weighted by Gasteiger charge is -2.34. The largest absolute Gasteiger partial charge is 0.497 e. The molecule has 0 radical (unpaired) electrons. The van der Waals surface area contributed by atoms with E-state index < -0.39 is 28.5 Å². The summed E-state index contributed by atoms with van der Waals surface area (Å²) in [7, 11) is 1.23. The molecular formula is C39H47N3O8S. The van der Waals surface area contributed by atoms with Gasteiger partial charge in [0.25, 0.3) is 10.0 Å². The Labute approximate surface area is 301 Å². The third-order valence-electron chi connectivity index (χ3n) is 8.62. The molecule has 4 aromatic rings. The van der Waals surface area contributed by atoms with E-state index in [0.29, 0.717) is 17.9 Å². The maximum absolute atomic E-state index is 14.9. The van der Waals surface area contributed by atoms with Gasteiger partial charge in [-0.2, -0.15) is 0 Å². The molecule has 4 aromatic carbocycles. The number of carbonyl (C=O) groups is 2. The minimum atomic E-state index is -4.49. The van der Waals surface area contributed by atoms with Crippen LogP contribution in [0.15, 0.2) is 95.9 Å². The summed E-state index contributed by atoms with van der Waals surface area (Å²) >= 11 is 0. The summed E-state index contributed by atoms with van der Waals surface area (Å²) in [5, 5.41) is 3.05. The average molecular weight is 718 g/mol. The van der Waals surface area contributed by atoms with Crippen LogP contribution in [-0.2, 0) is 32.6 Å². The fourth-order valence-corrected chi connectivity index (χ4v) is 6.93. The minimum absolute atomic E-state index is 0.0457. The molecule has 0 spiro atoms. The second-order valence-corrected chi connectivity index (χ2v) is 14.0. The smallest absolute Gasteiger partial charge is 0.265 e. The van der Waals surface area contributed by atoms with E-state index in [0.717, 1.165) is 21.0 Å². The number of rotatable bonds is 17. The fourth-order valence-electron chi connectivity index (χ4n) is 5.49. The van der Waals surface area contributed by atoms with E-state index in [4.69, 9.17) is 18.9 Å². The monoisotopic (exact) mass is 717 g/mol. The van der Waals surface area contributed by atoms with Gasteiger partial charge in [0.05, 0.1) is 39.0 Å². The molecule has 1 N–H and O–H groups in total. The molecule has 51 heavy (non-hydrogen) atoms. The van der Waals surface area contributed by atoms with Crippen molar-refractivity contribution in [2.24, 2.45) is 0 Å². The molecule has 4 rings (SSSR count). The highest BCUT2D eigenvalue weighted by molar-refractivity contribution is 7.92. The zero-order valence-corrected chi connectivity index (χ0v) is 31.0. The summed E-state index contributed by atoms with van der Waals surface area (Å²) in [5.41, 5.74) is 2.72. The molecule has 0 aliphatic heterocycles. The number of nitrogens with zero attached hydrogens (tertiary/aromatic N) is 2. The Kier molecular flexibility index (Phi) is 13.3. The van der Waals surface area contributed by atoms with Crippen LogP contribution < -0.4 is 28.6 Å². The maximum atomic E-state index is 14.9. The molecule has 0 aromatic heterocycles. The van der Waals surface area contributed by atoms with E-state index in [1.165, 1.54) is 57.6 Å². The molecule has 0 unspecified atom stereocenters. The molecular weight excluding hydrogens is 671 g/mol. The van der Waals surface area contributed by atoms with Gasteiger partial charge in [0.15, 0.2) is 11.5 Å². The molecule has 272 valence electrons. The lowest BCUT2D eigenvalue weighted by molar-refractivity contribution is -0.140. The van der Waals surface area contributed by atoms with Gasteiger partial charge < -0.3 is 29.2 Å². The molecule has 0 heterocycles. The number of anilines is 1. The minimum Gasteiger partial charge on any atom is -0.497 e. The molecule has 2 amide bonds. The third-order valence-corrected chi connectivity index (χ3v) is 10.4. The Bertz CT molecular complexity index is 1880. The van der Waals surface area contributed by atoms with Gasteiger partial charge in [-0.25, -0.2) is 8.42 Å². The molecule has 11 nitrogen and oxygen atoms in total. The first-order valence-electron chi connectivity index (χ1n) is 16.6. The van der Waals surface area contributed by atoms with E-state index in [9.17, 15) is 18.0 Å². The first kappa shape index (κ1) is 38.6. The molecule has 0 fully saturated rings. The topological polar surface area (TPSA) is 124 Å². The predicted octanol–water partition coefficient (Wildman–Crippen LogP) is 5.78. The van der Waals surface area contributed by atoms with E-state index >= 15 is 0 Å². The second-order valence-electron chi connectivity index (χ2n) is 12.1. The van der Waals surface area contributed by atoms with Crippen molar-refractivity contribution in [3.63, 3.8) is 0 Å². The van der Waals surface area contributed by atoms with Crippen LogP contribution in [0.25, 0.3) is 0 Å². The van der Waals surface area contributed by atoms with E-state index in [1.807, 2.05) is 75.4 Å². The van der Waals surface area contributed by atoms with Gasteiger partial charge in [0, 0.05) is 31.1 Å². The van der Waals surface area contributed by atoms with E-state index in [1.54, 1.807) is 12.1 Å². The molecule has 0 saturated carbocycles. The number of methoxy groups -OCH3 is 4. The first-order chi connectivity index (χ1) is 24.4. The number of sulfonamides is 1. The third kappa shape index (κ3) is 9.52. The van der Waals surface area contributed by atoms with Gasteiger partial charge >= 0.3 is 0 Å². The molecule has 0 saturated heterocycles. The molecule has 2 atom stereocenters. The van der Waals surface area contributed by atoms with Crippen LogP contribution in [0.4, 0.5) is 5.69 Å².